The molecular formula is C14H16N2O3. The first kappa shape index (κ1) is 13.1. The van der Waals surface area contributed by atoms with Gasteiger partial charge in [0.15, 0.2) is 0 Å². The minimum absolute atomic E-state index is 0.0856. The number of aromatic carboxylic acids is 1. The first-order valence-electron chi connectivity index (χ1n) is 6.07. The van der Waals surface area contributed by atoms with Crippen molar-refractivity contribution in [2.45, 2.75) is 26.5 Å². The summed E-state index contributed by atoms with van der Waals surface area (Å²) in [4.78, 5) is 11.2. The second kappa shape index (κ2) is 5.56. The second-order valence-corrected chi connectivity index (χ2v) is 4.45. The summed E-state index contributed by atoms with van der Waals surface area (Å²) >= 11 is 0. The van der Waals surface area contributed by atoms with Crippen molar-refractivity contribution in [1.29, 1.82) is 0 Å². The Kier molecular flexibility index (Phi) is 3.85. The Hall–Kier alpha value is -2.30. The van der Waals surface area contributed by atoms with Gasteiger partial charge in [0.2, 0.25) is 0 Å². The molecule has 0 radical (unpaired) electrons. The predicted molar refractivity (Wildman–Crippen MR) is 70.3 cm³/mol. The fourth-order valence-electron chi connectivity index (χ4n) is 1.82. The fraction of sp³-hybridized carbons (Fsp3) is 0.286. The molecule has 1 aromatic heterocycles. The molecule has 19 heavy (non-hydrogen) atoms. The Morgan fingerprint density at radius 3 is 2.63 bits per heavy atom. The second-order valence-electron chi connectivity index (χ2n) is 4.45. The zero-order valence-corrected chi connectivity index (χ0v) is 10.9. The Bertz CT molecular complexity index is 561. The number of benzene rings is 1. The van der Waals surface area contributed by atoms with Gasteiger partial charge in [0.05, 0.1) is 11.9 Å². The van der Waals surface area contributed by atoms with Gasteiger partial charge < -0.3 is 9.84 Å². The molecule has 0 aliphatic carbocycles. The van der Waals surface area contributed by atoms with Gasteiger partial charge in [-0.05, 0) is 26.0 Å². The van der Waals surface area contributed by atoms with Crippen LogP contribution in [-0.4, -0.2) is 20.9 Å². The standard InChI is InChI=1S/C14H16N2O3/c1-10(2)16-13(12(8-15-16)14(17)18)9-19-11-6-4-3-5-7-11/h3-8,10H,9H2,1-2H3,(H,17,18). The van der Waals surface area contributed by atoms with Crippen LogP contribution in [0.5, 0.6) is 5.75 Å². The predicted octanol–water partition coefficient (Wildman–Crippen LogP) is 2.74. The van der Waals surface area contributed by atoms with Gasteiger partial charge in [-0.15, -0.1) is 0 Å². The Morgan fingerprint density at radius 1 is 1.37 bits per heavy atom. The molecule has 0 fully saturated rings. The summed E-state index contributed by atoms with van der Waals surface area (Å²) in [6.45, 7) is 4.08. The van der Waals surface area contributed by atoms with Crippen LogP contribution in [-0.2, 0) is 6.61 Å². The molecule has 2 aromatic rings. The Labute approximate surface area is 111 Å². The van der Waals surface area contributed by atoms with E-state index in [9.17, 15) is 4.79 Å². The molecule has 0 bridgehead atoms. The molecule has 1 aromatic carbocycles. The zero-order chi connectivity index (χ0) is 13.8. The van der Waals surface area contributed by atoms with Crippen molar-refractivity contribution >= 4 is 5.97 Å². The van der Waals surface area contributed by atoms with Crippen molar-refractivity contribution in [2.24, 2.45) is 0 Å². The van der Waals surface area contributed by atoms with E-state index in [4.69, 9.17) is 9.84 Å². The van der Waals surface area contributed by atoms with Gasteiger partial charge in [-0.3, -0.25) is 4.68 Å². The van der Waals surface area contributed by atoms with E-state index in [-0.39, 0.29) is 18.2 Å². The molecular weight excluding hydrogens is 244 g/mol. The number of hydrogen-bond donors (Lipinski definition) is 1. The van der Waals surface area contributed by atoms with Gasteiger partial charge in [0, 0.05) is 6.04 Å². The van der Waals surface area contributed by atoms with Crippen molar-refractivity contribution < 1.29 is 14.6 Å². The first-order chi connectivity index (χ1) is 9.09. The van der Waals surface area contributed by atoms with Crippen molar-refractivity contribution in [1.82, 2.24) is 9.78 Å². The van der Waals surface area contributed by atoms with Gasteiger partial charge >= 0.3 is 5.97 Å². The van der Waals surface area contributed by atoms with Crippen LogP contribution in [0, 0.1) is 0 Å². The van der Waals surface area contributed by atoms with E-state index in [0.717, 1.165) is 0 Å². The van der Waals surface area contributed by atoms with Crippen LogP contribution in [0.1, 0.15) is 35.9 Å². The van der Waals surface area contributed by atoms with E-state index in [1.54, 1.807) is 4.68 Å². The average molecular weight is 260 g/mol. The third kappa shape index (κ3) is 2.93. The van der Waals surface area contributed by atoms with Gasteiger partial charge in [0.25, 0.3) is 0 Å². The van der Waals surface area contributed by atoms with E-state index < -0.39 is 5.97 Å². The Morgan fingerprint density at radius 2 is 2.05 bits per heavy atom. The van der Waals surface area contributed by atoms with Gasteiger partial charge in [-0.2, -0.15) is 5.10 Å². The van der Waals surface area contributed by atoms with Crippen molar-refractivity contribution in [3.63, 3.8) is 0 Å². The van der Waals surface area contributed by atoms with E-state index in [0.29, 0.717) is 11.4 Å². The van der Waals surface area contributed by atoms with Gasteiger partial charge in [-0.25, -0.2) is 4.79 Å². The minimum Gasteiger partial charge on any atom is -0.487 e. The highest BCUT2D eigenvalue weighted by Crippen LogP contribution is 2.17. The summed E-state index contributed by atoms with van der Waals surface area (Å²) in [6, 6.07) is 9.38. The number of carboxylic acid groups (broad SMARTS) is 1. The summed E-state index contributed by atoms with van der Waals surface area (Å²) in [5, 5.41) is 13.3. The number of nitrogens with zero attached hydrogens (tertiary/aromatic N) is 2. The third-order valence-electron chi connectivity index (χ3n) is 2.74. The third-order valence-corrected chi connectivity index (χ3v) is 2.74. The molecule has 5 nitrogen and oxygen atoms in total. The maximum absolute atomic E-state index is 11.2. The zero-order valence-electron chi connectivity index (χ0n) is 10.9. The largest absolute Gasteiger partial charge is 0.487 e. The van der Waals surface area contributed by atoms with E-state index in [1.165, 1.54) is 6.20 Å². The van der Waals surface area contributed by atoms with Crippen LogP contribution in [0.25, 0.3) is 0 Å². The van der Waals surface area contributed by atoms with Crippen molar-refractivity contribution in [2.75, 3.05) is 0 Å². The number of ether oxygens (including phenoxy) is 1. The summed E-state index contributed by atoms with van der Waals surface area (Å²) in [5.41, 5.74) is 0.760. The SMILES string of the molecule is CC(C)n1ncc(C(=O)O)c1COc1ccccc1. The van der Waals surface area contributed by atoms with Crippen LogP contribution in [0.2, 0.25) is 0 Å². The van der Waals surface area contributed by atoms with Crippen LogP contribution < -0.4 is 4.74 Å². The molecule has 0 atom stereocenters. The lowest BCUT2D eigenvalue weighted by molar-refractivity contribution is 0.0693. The molecule has 0 unspecified atom stereocenters. The fourth-order valence-corrected chi connectivity index (χ4v) is 1.82. The molecule has 2 rings (SSSR count). The molecule has 0 saturated heterocycles. The van der Waals surface area contributed by atoms with Crippen LogP contribution in [0.4, 0.5) is 0 Å². The Balaban J connectivity index is 2.23. The van der Waals surface area contributed by atoms with Crippen molar-refractivity contribution in [3.05, 3.63) is 47.8 Å². The lowest BCUT2D eigenvalue weighted by atomic mass is 10.2. The smallest absolute Gasteiger partial charge is 0.339 e. The molecule has 0 aliphatic heterocycles. The topological polar surface area (TPSA) is 64.4 Å². The monoisotopic (exact) mass is 260 g/mol. The normalized spacial score (nSPS) is 10.7. The van der Waals surface area contributed by atoms with Crippen LogP contribution >= 0.6 is 0 Å². The maximum Gasteiger partial charge on any atom is 0.339 e. The van der Waals surface area contributed by atoms with Gasteiger partial charge in [0.1, 0.15) is 17.9 Å². The molecule has 1 heterocycles. The lowest BCUT2D eigenvalue weighted by Crippen LogP contribution is -2.12. The summed E-state index contributed by atoms with van der Waals surface area (Å²) in [6.07, 6.45) is 1.37. The number of carboxylic acids is 1. The van der Waals surface area contributed by atoms with E-state index in [2.05, 4.69) is 5.10 Å². The summed E-state index contributed by atoms with van der Waals surface area (Å²) < 4.78 is 7.28. The molecule has 0 saturated carbocycles. The number of para-hydroxylation sites is 1. The molecule has 1 N–H and O–H groups in total. The van der Waals surface area contributed by atoms with E-state index in [1.807, 2.05) is 44.2 Å². The molecule has 5 heteroatoms. The lowest BCUT2D eigenvalue weighted by Gasteiger charge is -2.12. The number of hydrogen-bond acceptors (Lipinski definition) is 3. The summed E-state index contributed by atoms with van der Waals surface area (Å²) in [5.74, 6) is -0.283. The number of carbonyl (C=O) groups is 1. The molecule has 100 valence electrons. The number of rotatable bonds is 5. The maximum atomic E-state index is 11.2. The van der Waals surface area contributed by atoms with E-state index >= 15 is 0 Å². The number of aromatic nitrogens is 2. The first-order valence-corrected chi connectivity index (χ1v) is 6.07. The highest BCUT2D eigenvalue weighted by molar-refractivity contribution is 5.88. The van der Waals surface area contributed by atoms with Crippen LogP contribution in [0.15, 0.2) is 36.5 Å². The molecule has 0 aliphatic rings. The van der Waals surface area contributed by atoms with Gasteiger partial charge in [-0.1, -0.05) is 18.2 Å². The van der Waals surface area contributed by atoms with Crippen LogP contribution in [0.3, 0.4) is 0 Å². The van der Waals surface area contributed by atoms with Crippen molar-refractivity contribution in [3.8, 4) is 5.75 Å². The highest BCUT2D eigenvalue weighted by atomic mass is 16.5. The summed E-state index contributed by atoms with van der Waals surface area (Å²) in [7, 11) is 0. The molecule has 0 amide bonds. The highest BCUT2D eigenvalue weighted by Gasteiger charge is 2.18. The molecule has 0 spiro atoms. The quantitative estimate of drug-likeness (QED) is 0.897. The minimum atomic E-state index is -0.987. The average Bonchev–Trinajstić information content (AvgIpc) is 2.81.